The van der Waals surface area contributed by atoms with Crippen molar-refractivity contribution < 1.29 is 21.7 Å². The Morgan fingerprint density at radius 2 is 1.92 bits per heavy atom. The molecule has 0 bridgehead atoms. The monoisotopic (exact) mass is 365 g/mol. The van der Waals surface area contributed by atoms with Crippen LogP contribution in [-0.2, 0) is 16.4 Å². The van der Waals surface area contributed by atoms with Crippen molar-refractivity contribution in [1.82, 2.24) is 10.1 Å². The minimum atomic E-state index is -4.31. The number of halogens is 2. The number of benzene rings is 2. The topological polar surface area (TPSA) is 85.1 Å². The molecule has 0 aliphatic carbocycles. The second-order valence-electron chi connectivity index (χ2n) is 5.25. The maximum atomic E-state index is 13.8. The van der Waals surface area contributed by atoms with E-state index in [0.717, 1.165) is 12.1 Å². The third-order valence-corrected chi connectivity index (χ3v) is 4.74. The minimum Gasteiger partial charge on any atom is -0.339 e. The molecule has 25 heavy (non-hydrogen) atoms. The number of hydrogen-bond acceptors (Lipinski definition) is 5. The Hall–Kier alpha value is -2.81. The van der Waals surface area contributed by atoms with E-state index in [1.165, 1.54) is 6.07 Å². The number of rotatable bonds is 5. The van der Waals surface area contributed by atoms with Crippen LogP contribution >= 0.6 is 0 Å². The second kappa shape index (κ2) is 6.60. The van der Waals surface area contributed by atoms with Crippen LogP contribution in [0.3, 0.4) is 0 Å². The Bertz CT molecular complexity index is 1020. The van der Waals surface area contributed by atoms with Gasteiger partial charge in [0.15, 0.2) is 5.82 Å². The molecule has 3 rings (SSSR count). The summed E-state index contributed by atoms with van der Waals surface area (Å²) in [6, 6.07) is 8.73. The van der Waals surface area contributed by atoms with E-state index in [9.17, 15) is 17.2 Å². The lowest BCUT2D eigenvalue weighted by molar-refractivity contribution is 0.381. The van der Waals surface area contributed by atoms with Crippen molar-refractivity contribution in [2.24, 2.45) is 0 Å². The lowest BCUT2D eigenvalue weighted by Crippen LogP contribution is -2.16. The van der Waals surface area contributed by atoms with Crippen LogP contribution in [0.2, 0.25) is 0 Å². The molecule has 0 saturated heterocycles. The highest BCUT2D eigenvalue weighted by Gasteiger charge is 2.21. The summed E-state index contributed by atoms with van der Waals surface area (Å²) in [6.07, 6.45) is 0.186. The van der Waals surface area contributed by atoms with Gasteiger partial charge in [0.25, 0.3) is 10.0 Å². The van der Waals surface area contributed by atoms with Crippen molar-refractivity contribution in [3.8, 4) is 0 Å². The molecule has 1 heterocycles. The molecular weight excluding hydrogens is 352 g/mol. The molecule has 0 atom stereocenters. The third-order valence-electron chi connectivity index (χ3n) is 3.36. The average molecular weight is 365 g/mol. The Morgan fingerprint density at radius 3 is 2.64 bits per heavy atom. The standard InChI is InChI=1S/C16H13F2N3O3S/c1-10-19-16(24-20-10)8-11-4-2-3-5-14(11)21-25(22,23)15-9-12(17)6-7-13(15)18/h2-7,9,21H,8H2,1H3. The predicted octanol–water partition coefficient (Wildman–Crippen LogP) is 3.05. The number of para-hydroxylation sites is 1. The summed E-state index contributed by atoms with van der Waals surface area (Å²) in [5, 5.41) is 3.67. The fraction of sp³-hybridized carbons (Fsp3) is 0.125. The van der Waals surface area contributed by atoms with E-state index in [-0.39, 0.29) is 12.1 Å². The molecule has 3 aromatic rings. The predicted molar refractivity (Wildman–Crippen MR) is 85.4 cm³/mol. The van der Waals surface area contributed by atoms with E-state index in [1.54, 1.807) is 25.1 Å². The first kappa shape index (κ1) is 17.0. The Kier molecular flexibility index (Phi) is 4.49. The molecule has 9 heteroatoms. The van der Waals surface area contributed by atoms with Gasteiger partial charge in [-0.2, -0.15) is 4.98 Å². The Labute approximate surface area is 142 Å². The Balaban J connectivity index is 1.93. The van der Waals surface area contributed by atoms with Crippen molar-refractivity contribution in [3.63, 3.8) is 0 Å². The van der Waals surface area contributed by atoms with Gasteiger partial charge in [-0.3, -0.25) is 4.72 Å². The summed E-state index contributed by atoms with van der Waals surface area (Å²) in [4.78, 5) is 3.30. The number of aryl methyl sites for hydroxylation is 1. The zero-order valence-electron chi connectivity index (χ0n) is 13.0. The van der Waals surface area contributed by atoms with Gasteiger partial charge in [0.1, 0.15) is 16.5 Å². The van der Waals surface area contributed by atoms with Crippen molar-refractivity contribution in [2.45, 2.75) is 18.2 Å². The first-order chi connectivity index (χ1) is 11.8. The highest BCUT2D eigenvalue weighted by molar-refractivity contribution is 7.92. The average Bonchev–Trinajstić information content (AvgIpc) is 2.96. The quantitative estimate of drug-likeness (QED) is 0.751. The fourth-order valence-electron chi connectivity index (χ4n) is 2.23. The van der Waals surface area contributed by atoms with Gasteiger partial charge in [-0.25, -0.2) is 17.2 Å². The van der Waals surface area contributed by atoms with Gasteiger partial charge in [0, 0.05) is 0 Å². The van der Waals surface area contributed by atoms with Gasteiger partial charge in [-0.15, -0.1) is 0 Å². The van der Waals surface area contributed by atoms with Gasteiger partial charge < -0.3 is 4.52 Å². The first-order valence-electron chi connectivity index (χ1n) is 7.20. The molecule has 0 fully saturated rings. The van der Waals surface area contributed by atoms with Gasteiger partial charge in [-0.1, -0.05) is 23.4 Å². The van der Waals surface area contributed by atoms with E-state index < -0.39 is 26.6 Å². The molecule has 0 saturated carbocycles. The van der Waals surface area contributed by atoms with E-state index in [0.29, 0.717) is 23.3 Å². The molecule has 0 aliphatic rings. The summed E-state index contributed by atoms with van der Waals surface area (Å²) < 4.78 is 59.2. The number of aromatic nitrogens is 2. The number of sulfonamides is 1. The lowest BCUT2D eigenvalue weighted by atomic mass is 10.1. The van der Waals surface area contributed by atoms with Gasteiger partial charge in [0.2, 0.25) is 5.89 Å². The number of anilines is 1. The first-order valence-corrected chi connectivity index (χ1v) is 8.68. The lowest BCUT2D eigenvalue weighted by Gasteiger charge is -2.12. The van der Waals surface area contributed by atoms with Crippen LogP contribution in [0.25, 0.3) is 0 Å². The van der Waals surface area contributed by atoms with Gasteiger partial charge in [0.05, 0.1) is 12.1 Å². The maximum absolute atomic E-state index is 13.8. The summed E-state index contributed by atoms with van der Waals surface area (Å²) >= 11 is 0. The molecule has 0 unspecified atom stereocenters. The molecule has 1 aromatic heterocycles. The van der Waals surface area contributed by atoms with Crippen LogP contribution in [0, 0.1) is 18.6 Å². The minimum absolute atomic E-state index is 0.186. The highest BCUT2D eigenvalue weighted by atomic mass is 32.2. The van der Waals surface area contributed by atoms with Crippen LogP contribution in [0.1, 0.15) is 17.3 Å². The van der Waals surface area contributed by atoms with E-state index in [1.807, 2.05) is 0 Å². The van der Waals surface area contributed by atoms with Crippen LogP contribution in [-0.4, -0.2) is 18.6 Å². The molecule has 1 N–H and O–H groups in total. The fourth-order valence-corrected chi connectivity index (χ4v) is 3.42. The van der Waals surface area contributed by atoms with Crippen LogP contribution < -0.4 is 4.72 Å². The molecule has 0 radical (unpaired) electrons. The van der Waals surface area contributed by atoms with Crippen molar-refractivity contribution in [2.75, 3.05) is 4.72 Å². The molecule has 0 aliphatic heterocycles. The van der Waals surface area contributed by atoms with Crippen LogP contribution in [0.15, 0.2) is 51.9 Å². The summed E-state index contributed by atoms with van der Waals surface area (Å²) in [6.45, 7) is 1.66. The third kappa shape index (κ3) is 3.82. The summed E-state index contributed by atoms with van der Waals surface area (Å²) in [5.74, 6) is -1.13. The van der Waals surface area contributed by atoms with Gasteiger partial charge in [-0.05, 0) is 36.8 Å². The zero-order chi connectivity index (χ0) is 18.0. The Morgan fingerprint density at radius 1 is 1.16 bits per heavy atom. The summed E-state index contributed by atoms with van der Waals surface area (Å²) in [7, 11) is -4.31. The van der Waals surface area contributed by atoms with Crippen molar-refractivity contribution >= 4 is 15.7 Å². The van der Waals surface area contributed by atoms with E-state index >= 15 is 0 Å². The van der Waals surface area contributed by atoms with Crippen molar-refractivity contribution in [3.05, 3.63) is 71.4 Å². The van der Waals surface area contributed by atoms with E-state index in [4.69, 9.17) is 4.52 Å². The molecular formula is C16H13F2N3O3S. The second-order valence-corrected chi connectivity index (χ2v) is 6.90. The molecule has 0 amide bonds. The molecule has 6 nitrogen and oxygen atoms in total. The van der Waals surface area contributed by atoms with Gasteiger partial charge >= 0.3 is 0 Å². The normalized spacial score (nSPS) is 11.5. The van der Waals surface area contributed by atoms with Crippen LogP contribution in [0.5, 0.6) is 0 Å². The molecule has 0 spiro atoms. The van der Waals surface area contributed by atoms with Crippen molar-refractivity contribution in [1.29, 1.82) is 0 Å². The SMILES string of the molecule is Cc1noc(Cc2ccccc2NS(=O)(=O)c2cc(F)ccc2F)n1. The van der Waals surface area contributed by atoms with E-state index in [2.05, 4.69) is 14.9 Å². The van der Waals surface area contributed by atoms with Crippen LogP contribution in [0.4, 0.5) is 14.5 Å². The molecule has 2 aromatic carbocycles. The zero-order valence-corrected chi connectivity index (χ0v) is 13.8. The number of nitrogens with zero attached hydrogens (tertiary/aromatic N) is 2. The maximum Gasteiger partial charge on any atom is 0.264 e. The number of nitrogens with one attached hydrogen (secondary N) is 1. The highest BCUT2D eigenvalue weighted by Crippen LogP contribution is 2.24. The largest absolute Gasteiger partial charge is 0.339 e. The summed E-state index contributed by atoms with van der Waals surface area (Å²) in [5.41, 5.74) is 0.758. The smallest absolute Gasteiger partial charge is 0.264 e. The number of hydrogen-bond donors (Lipinski definition) is 1. The molecule has 130 valence electrons.